The van der Waals surface area contributed by atoms with E-state index in [4.69, 9.17) is 4.52 Å². The Bertz CT molecular complexity index is 774. The molecule has 3 heterocycles. The van der Waals surface area contributed by atoms with Gasteiger partial charge in [0.25, 0.3) is 0 Å². The predicted molar refractivity (Wildman–Crippen MR) is 90.2 cm³/mol. The summed E-state index contributed by atoms with van der Waals surface area (Å²) in [4.78, 5) is 11.0. The van der Waals surface area contributed by atoms with Crippen molar-refractivity contribution in [2.24, 2.45) is 0 Å². The summed E-state index contributed by atoms with van der Waals surface area (Å²) in [5, 5.41) is 4.12. The molecule has 2 aromatic heterocycles. The number of likely N-dealkylation sites (tertiary alicyclic amines) is 1. The second-order valence-corrected chi connectivity index (χ2v) is 6.28. The lowest BCUT2D eigenvalue weighted by molar-refractivity contribution is 0.221. The van der Waals surface area contributed by atoms with Crippen LogP contribution in [0.3, 0.4) is 0 Å². The molecule has 24 heavy (non-hydrogen) atoms. The minimum absolute atomic E-state index is 0.542. The van der Waals surface area contributed by atoms with E-state index in [-0.39, 0.29) is 0 Å². The summed E-state index contributed by atoms with van der Waals surface area (Å²) >= 11 is 0. The minimum Gasteiger partial charge on any atom is -0.337 e. The molecule has 0 spiro atoms. The first-order valence-corrected chi connectivity index (χ1v) is 8.47. The van der Waals surface area contributed by atoms with Crippen molar-refractivity contribution >= 4 is 0 Å². The predicted octanol–water partition coefficient (Wildman–Crippen LogP) is 2.97. The second kappa shape index (κ2) is 6.97. The molecule has 3 aromatic rings. The second-order valence-electron chi connectivity index (χ2n) is 6.28. The quantitative estimate of drug-likeness (QED) is 0.722. The fourth-order valence-electron chi connectivity index (χ4n) is 3.16. The zero-order valence-corrected chi connectivity index (χ0v) is 13.6. The van der Waals surface area contributed by atoms with Gasteiger partial charge >= 0.3 is 0 Å². The summed E-state index contributed by atoms with van der Waals surface area (Å²) in [6, 6.07) is 8.44. The van der Waals surface area contributed by atoms with Crippen molar-refractivity contribution in [3.63, 3.8) is 0 Å². The number of imidazole rings is 1. The van der Waals surface area contributed by atoms with Crippen LogP contribution in [-0.2, 0) is 13.1 Å². The van der Waals surface area contributed by atoms with Crippen LogP contribution < -0.4 is 0 Å². The normalized spacial score (nSPS) is 15.7. The van der Waals surface area contributed by atoms with E-state index in [1.807, 2.05) is 16.8 Å². The van der Waals surface area contributed by atoms with E-state index in [0.29, 0.717) is 18.3 Å². The van der Waals surface area contributed by atoms with Crippen molar-refractivity contribution in [1.29, 1.82) is 0 Å². The first kappa shape index (κ1) is 15.1. The average molecular weight is 323 g/mol. The maximum absolute atomic E-state index is 5.36. The lowest BCUT2D eigenvalue weighted by Gasteiger charge is -2.26. The zero-order valence-electron chi connectivity index (χ0n) is 13.6. The fraction of sp³-hybridized carbons (Fsp3) is 0.389. The summed E-state index contributed by atoms with van der Waals surface area (Å²) in [7, 11) is 0. The average Bonchev–Trinajstić information content (AvgIpc) is 3.29. The first-order chi connectivity index (χ1) is 11.9. The highest BCUT2D eigenvalue weighted by Gasteiger charge is 2.13. The van der Waals surface area contributed by atoms with E-state index in [1.165, 1.54) is 37.9 Å². The van der Waals surface area contributed by atoms with Crippen molar-refractivity contribution in [3.05, 3.63) is 54.4 Å². The molecule has 0 radical (unpaired) electrons. The summed E-state index contributed by atoms with van der Waals surface area (Å²) in [6.07, 6.45) is 9.33. The molecule has 1 fully saturated rings. The fourth-order valence-corrected chi connectivity index (χ4v) is 3.16. The molecule has 0 aliphatic carbocycles. The highest BCUT2D eigenvalue weighted by atomic mass is 16.5. The Labute approximate surface area is 141 Å². The molecule has 1 aliphatic heterocycles. The van der Waals surface area contributed by atoms with Crippen LogP contribution in [0.2, 0.25) is 0 Å². The molecule has 124 valence electrons. The van der Waals surface area contributed by atoms with Gasteiger partial charge in [-0.05, 0) is 37.6 Å². The first-order valence-electron chi connectivity index (χ1n) is 8.47. The maximum atomic E-state index is 5.36. The molecule has 1 aliphatic rings. The molecule has 0 unspecified atom stereocenters. The summed E-state index contributed by atoms with van der Waals surface area (Å²) in [5.41, 5.74) is 2.31. The van der Waals surface area contributed by atoms with Crippen LogP contribution in [0.1, 0.15) is 30.7 Å². The number of piperidine rings is 1. The Morgan fingerprint density at radius 1 is 1.08 bits per heavy atom. The number of aromatic nitrogens is 4. The molecule has 0 saturated carbocycles. The van der Waals surface area contributed by atoms with Gasteiger partial charge in [0.2, 0.25) is 11.7 Å². The van der Waals surface area contributed by atoms with Crippen LogP contribution in [0.25, 0.3) is 11.4 Å². The van der Waals surface area contributed by atoms with Crippen molar-refractivity contribution in [1.82, 2.24) is 24.6 Å². The summed E-state index contributed by atoms with van der Waals surface area (Å²) in [6.45, 7) is 3.93. The molecule has 0 atom stereocenters. The minimum atomic E-state index is 0.542. The molecule has 4 rings (SSSR count). The Balaban J connectivity index is 1.47. The molecular weight excluding hydrogens is 302 g/mol. The number of nitrogens with zero attached hydrogens (tertiary/aromatic N) is 5. The van der Waals surface area contributed by atoms with Gasteiger partial charge in [-0.1, -0.05) is 29.8 Å². The van der Waals surface area contributed by atoms with E-state index in [0.717, 1.165) is 12.1 Å². The van der Waals surface area contributed by atoms with Gasteiger partial charge in [0.1, 0.15) is 6.54 Å². The monoisotopic (exact) mass is 323 g/mol. The third-order valence-corrected chi connectivity index (χ3v) is 4.39. The van der Waals surface area contributed by atoms with Gasteiger partial charge < -0.3 is 9.09 Å². The lowest BCUT2D eigenvalue weighted by Crippen LogP contribution is -2.29. The molecule has 0 bridgehead atoms. The van der Waals surface area contributed by atoms with E-state index < -0.39 is 0 Å². The molecule has 6 nitrogen and oxygen atoms in total. The highest BCUT2D eigenvalue weighted by molar-refractivity contribution is 5.55. The van der Waals surface area contributed by atoms with Crippen LogP contribution in [0.5, 0.6) is 0 Å². The van der Waals surface area contributed by atoms with Gasteiger partial charge in [0.15, 0.2) is 0 Å². The van der Waals surface area contributed by atoms with Crippen LogP contribution in [0.4, 0.5) is 0 Å². The molecule has 0 N–H and O–H groups in total. The van der Waals surface area contributed by atoms with Crippen LogP contribution in [0, 0.1) is 0 Å². The molecule has 6 heteroatoms. The Kier molecular flexibility index (Phi) is 4.38. The van der Waals surface area contributed by atoms with E-state index in [9.17, 15) is 0 Å². The maximum Gasteiger partial charge on any atom is 0.246 e. The van der Waals surface area contributed by atoms with Crippen molar-refractivity contribution in [2.75, 3.05) is 13.1 Å². The summed E-state index contributed by atoms with van der Waals surface area (Å²) in [5.74, 6) is 1.23. The Morgan fingerprint density at radius 2 is 2.00 bits per heavy atom. The Hall–Kier alpha value is -2.47. The van der Waals surface area contributed by atoms with Gasteiger partial charge in [-0.25, -0.2) is 4.98 Å². The Morgan fingerprint density at radius 3 is 2.83 bits per heavy atom. The third kappa shape index (κ3) is 3.54. The van der Waals surface area contributed by atoms with Crippen molar-refractivity contribution in [2.45, 2.75) is 32.4 Å². The molecule has 1 aromatic carbocycles. The van der Waals surface area contributed by atoms with Crippen LogP contribution in [-0.4, -0.2) is 37.7 Å². The number of hydrogen-bond donors (Lipinski definition) is 0. The van der Waals surface area contributed by atoms with Gasteiger partial charge in [0.05, 0.1) is 6.33 Å². The largest absolute Gasteiger partial charge is 0.337 e. The van der Waals surface area contributed by atoms with Crippen LogP contribution in [0.15, 0.2) is 47.5 Å². The van der Waals surface area contributed by atoms with Crippen molar-refractivity contribution < 1.29 is 4.52 Å². The van der Waals surface area contributed by atoms with Gasteiger partial charge in [0, 0.05) is 24.5 Å². The van der Waals surface area contributed by atoms with Gasteiger partial charge in [-0.2, -0.15) is 4.98 Å². The molecule has 0 amide bonds. The number of benzene rings is 1. The molecule has 1 saturated heterocycles. The standard InChI is InChI=1S/C18H21N5O/c1-2-8-22(9-3-1)12-15-5-4-6-16(11-15)18-20-17(24-21-18)13-23-10-7-19-14-23/h4-7,10-11,14H,1-3,8-9,12-13H2. The topological polar surface area (TPSA) is 60.0 Å². The van der Waals surface area contributed by atoms with Crippen molar-refractivity contribution in [3.8, 4) is 11.4 Å². The molecular formula is C18H21N5O. The smallest absolute Gasteiger partial charge is 0.246 e. The number of hydrogen-bond acceptors (Lipinski definition) is 5. The SMILES string of the molecule is c1cc(CN2CCCCC2)cc(-c2noc(Cn3ccnc3)n2)c1. The van der Waals surface area contributed by atoms with E-state index in [1.54, 1.807) is 12.5 Å². The summed E-state index contributed by atoms with van der Waals surface area (Å²) < 4.78 is 7.27. The zero-order chi connectivity index (χ0) is 16.2. The van der Waals surface area contributed by atoms with Gasteiger partial charge in [-0.15, -0.1) is 0 Å². The number of rotatable bonds is 5. The lowest BCUT2D eigenvalue weighted by atomic mass is 10.1. The highest BCUT2D eigenvalue weighted by Crippen LogP contribution is 2.20. The third-order valence-electron chi connectivity index (χ3n) is 4.39. The van der Waals surface area contributed by atoms with E-state index >= 15 is 0 Å². The van der Waals surface area contributed by atoms with E-state index in [2.05, 4.69) is 38.2 Å². The van der Waals surface area contributed by atoms with Crippen LogP contribution >= 0.6 is 0 Å². The van der Waals surface area contributed by atoms with Gasteiger partial charge in [-0.3, -0.25) is 4.90 Å².